The standard InChI is InChI=1S/C7H10N2O4/c1-4(2)5(6(10)9-12)8-7(11)13-3/h1-3H3,(H,8,11). The summed E-state index contributed by atoms with van der Waals surface area (Å²) in [5.74, 6) is -1.02. The van der Waals surface area contributed by atoms with Gasteiger partial charge >= 0.3 is 12.0 Å². The minimum absolute atomic E-state index is 0.151. The number of carbonyl (C=O) groups excluding carboxylic acids is 2. The molecule has 0 aromatic rings. The van der Waals surface area contributed by atoms with Gasteiger partial charge in [0, 0.05) is 5.18 Å². The molecule has 13 heavy (non-hydrogen) atoms. The van der Waals surface area contributed by atoms with E-state index in [0.29, 0.717) is 5.57 Å². The van der Waals surface area contributed by atoms with Crippen molar-refractivity contribution in [2.75, 3.05) is 7.11 Å². The summed E-state index contributed by atoms with van der Waals surface area (Å²) in [5, 5.41) is 4.27. The molecule has 0 aromatic carbocycles. The molecule has 0 radical (unpaired) electrons. The highest BCUT2D eigenvalue weighted by molar-refractivity contribution is 5.97. The molecule has 0 rings (SSSR count). The van der Waals surface area contributed by atoms with E-state index in [2.05, 4.69) is 15.2 Å². The third kappa shape index (κ3) is 3.46. The highest BCUT2D eigenvalue weighted by atomic mass is 16.5. The molecule has 0 fully saturated rings. The molecule has 0 unspecified atom stereocenters. The predicted octanol–water partition coefficient (Wildman–Crippen LogP) is 0.929. The van der Waals surface area contributed by atoms with E-state index in [9.17, 15) is 14.5 Å². The first-order chi connectivity index (χ1) is 6.02. The molecule has 1 N–H and O–H groups in total. The molecule has 0 saturated heterocycles. The SMILES string of the molecule is COC(=O)NC(C(=O)N=O)=C(C)C. The molecule has 0 bridgehead atoms. The van der Waals surface area contributed by atoms with Crippen LogP contribution >= 0.6 is 0 Å². The first kappa shape index (κ1) is 11.3. The lowest BCUT2D eigenvalue weighted by Gasteiger charge is -2.05. The third-order valence-corrected chi connectivity index (χ3v) is 1.21. The molecule has 0 aliphatic heterocycles. The number of methoxy groups -OCH3 is 1. The Balaban J connectivity index is 4.66. The van der Waals surface area contributed by atoms with Gasteiger partial charge in [-0.2, -0.15) is 0 Å². The molecule has 0 heterocycles. The minimum atomic E-state index is -1.02. The maximum Gasteiger partial charge on any atom is 0.411 e. The lowest BCUT2D eigenvalue weighted by atomic mass is 10.2. The largest absolute Gasteiger partial charge is 0.453 e. The van der Waals surface area contributed by atoms with Crippen molar-refractivity contribution in [1.29, 1.82) is 0 Å². The Morgan fingerprint density at radius 3 is 2.15 bits per heavy atom. The number of nitrogens with zero attached hydrogens (tertiary/aromatic N) is 1. The van der Waals surface area contributed by atoms with Crippen molar-refractivity contribution in [3.63, 3.8) is 0 Å². The van der Waals surface area contributed by atoms with Crippen molar-refractivity contribution in [3.8, 4) is 0 Å². The average Bonchev–Trinajstić information content (AvgIpc) is 2.11. The van der Waals surface area contributed by atoms with Crippen LogP contribution in [0.15, 0.2) is 16.4 Å². The Morgan fingerprint density at radius 2 is 1.85 bits per heavy atom. The molecule has 0 spiro atoms. The van der Waals surface area contributed by atoms with Gasteiger partial charge in [-0.1, -0.05) is 0 Å². The van der Waals surface area contributed by atoms with Crippen LogP contribution in [0.1, 0.15) is 13.8 Å². The number of alkyl carbamates (subject to hydrolysis) is 1. The Labute approximate surface area is 74.9 Å². The molecule has 0 aliphatic rings. The fraction of sp³-hybridized carbons (Fsp3) is 0.429. The van der Waals surface area contributed by atoms with Crippen LogP contribution in [0.2, 0.25) is 0 Å². The highest BCUT2D eigenvalue weighted by Crippen LogP contribution is 2.01. The van der Waals surface area contributed by atoms with Crippen molar-refractivity contribution in [2.45, 2.75) is 13.8 Å². The molecule has 0 aromatic heterocycles. The van der Waals surface area contributed by atoms with Crippen molar-refractivity contribution >= 4 is 12.0 Å². The maximum atomic E-state index is 10.8. The fourth-order valence-corrected chi connectivity index (χ4v) is 0.591. The second-order valence-electron chi connectivity index (χ2n) is 2.39. The molecule has 0 atom stereocenters. The number of carbonyl (C=O) groups is 2. The summed E-state index contributed by atoms with van der Waals surface area (Å²) in [7, 11) is 1.15. The lowest BCUT2D eigenvalue weighted by molar-refractivity contribution is -0.114. The van der Waals surface area contributed by atoms with Gasteiger partial charge in [0.25, 0.3) is 0 Å². The van der Waals surface area contributed by atoms with Gasteiger partial charge in [-0.15, -0.1) is 4.91 Å². The van der Waals surface area contributed by atoms with Crippen LogP contribution in [-0.4, -0.2) is 19.1 Å². The summed E-state index contributed by atoms with van der Waals surface area (Å²) in [6, 6.07) is 0. The molecule has 72 valence electrons. The van der Waals surface area contributed by atoms with Crippen LogP contribution in [0.5, 0.6) is 0 Å². The number of allylic oxidation sites excluding steroid dienone is 1. The maximum absolute atomic E-state index is 10.8. The summed E-state index contributed by atoms with van der Waals surface area (Å²) in [6.45, 7) is 3.13. The monoisotopic (exact) mass is 186 g/mol. The summed E-state index contributed by atoms with van der Waals surface area (Å²) < 4.78 is 4.25. The highest BCUT2D eigenvalue weighted by Gasteiger charge is 2.14. The molecule has 6 heteroatoms. The number of nitrogens with one attached hydrogen (secondary N) is 1. The molecule has 6 nitrogen and oxygen atoms in total. The van der Waals surface area contributed by atoms with Gasteiger partial charge in [-0.05, 0) is 19.4 Å². The summed E-state index contributed by atoms with van der Waals surface area (Å²) in [5.41, 5.74) is 0.330. The van der Waals surface area contributed by atoms with Crippen molar-refractivity contribution in [3.05, 3.63) is 16.2 Å². The Morgan fingerprint density at radius 1 is 1.31 bits per heavy atom. The van der Waals surface area contributed by atoms with E-state index in [0.717, 1.165) is 7.11 Å². The summed E-state index contributed by atoms with van der Waals surface area (Å²) >= 11 is 0. The van der Waals surface area contributed by atoms with E-state index in [1.807, 2.05) is 0 Å². The number of hydrogen-bond acceptors (Lipinski definition) is 4. The van der Waals surface area contributed by atoms with Crippen LogP contribution in [0, 0.1) is 4.91 Å². The molecule has 0 saturated carbocycles. The van der Waals surface area contributed by atoms with E-state index in [1.165, 1.54) is 0 Å². The smallest absolute Gasteiger partial charge is 0.411 e. The third-order valence-electron chi connectivity index (χ3n) is 1.21. The molecular weight excluding hydrogens is 176 g/mol. The zero-order valence-electron chi connectivity index (χ0n) is 7.58. The Kier molecular flexibility index (Phi) is 4.36. The van der Waals surface area contributed by atoms with Gasteiger partial charge in [-0.25, -0.2) is 4.79 Å². The van der Waals surface area contributed by atoms with E-state index < -0.39 is 12.0 Å². The number of amides is 2. The van der Waals surface area contributed by atoms with Gasteiger partial charge in [-0.3, -0.25) is 10.1 Å². The van der Waals surface area contributed by atoms with Gasteiger partial charge in [0.1, 0.15) is 5.70 Å². The van der Waals surface area contributed by atoms with E-state index in [4.69, 9.17) is 0 Å². The van der Waals surface area contributed by atoms with E-state index >= 15 is 0 Å². The second-order valence-corrected chi connectivity index (χ2v) is 2.39. The van der Waals surface area contributed by atoms with Crippen molar-refractivity contribution in [1.82, 2.24) is 5.32 Å². The molecular formula is C7H10N2O4. The van der Waals surface area contributed by atoms with Crippen LogP contribution < -0.4 is 5.32 Å². The fourth-order valence-electron chi connectivity index (χ4n) is 0.591. The Bertz CT molecular complexity index is 266. The van der Waals surface area contributed by atoms with Gasteiger partial charge in [0.2, 0.25) is 0 Å². The summed E-state index contributed by atoms with van der Waals surface area (Å²) in [4.78, 5) is 31.4. The number of ether oxygens (including phenoxy) is 1. The van der Waals surface area contributed by atoms with Gasteiger partial charge < -0.3 is 4.74 Å². The van der Waals surface area contributed by atoms with E-state index in [1.54, 1.807) is 13.8 Å². The van der Waals surface area contributed by atoms with Crippen molar-refractivity contribution in [2.24, 2.45) is 5.18 Å². The number of nitroso groups, excluding NO2 is 1. The molecule has 2 amide bonds. The van der Waals surface area contributed by atoms with Crippen molar-refractivity contribution < 1.29 is 14.3 Å². The quantitative estimate of drug-likeness (QED) is 0.513. The average molecular weight is 186 g/mol. The first-order valence-electron chi connectivity index (χ1n) is 3.43. The second kappa shape index (κ2) is 5.02. The van der Waals surface area contributed by atoms with Crippen LogP contribution in [0.25, 0.3) is 0 Å². The Hall–Kier alpha value is -1.72. The summed E-state index contributed by atoms with van der Waals surface area (Å²) in [6.07, 6.45) is -0.812. The zero-order chi connectivity index (χ0) is 10.4. The normalized spacial score (nSPS) is 8.54. The topological polar surface area (TPSA) is 84.8 Å². The lowest BCUT2D eigenvalue weighted by Crippen LogP contribution is -2.27. The van der Waals surface area contributed by atoms with Crippen LogP contribution in [-0.2, 0) is 9.53 Å². The number of hydrogen-bond donors (Lipinski definition) is 1. The van der Waals surface area contributed by atoms with E-state index in [-0.39, 0.29) is 5.70 Å². The van der Waals surface area contributed by atoms with Crippen LogP contribution in [0.3, 0.4) is 0 Å². The van der Waals surface area contributed by atoms with Gasteiger partial charge in [0.05, 0.1) is 7.11 Å². The van der Waals surface area contributed by atoms with Crippen LogP contribution in [0.4, 0.5) is 4.79 Å². The van der Waals surface area contributed by atoms with Gasteiger partial charge in [0.15, 0.2) is 0 Å². The number of rotatable bonds is 2. The zero-order valence-corrected chi connectivity index (χ0v) is 7.58. The first-order valence-corrected chi connectivity index (χ1v) is 3.43. The minimum Gasteiger partial charge on any atom is -0.453 e. The molecule has 0 aliphatic carbocycles. The predicted molar refractivity (Wildman–Crippen MR) is 44.7 cm³/mol.